The van der Waals surface area contributed by atoms with Gasteiger partial charge in [0.25, 0.3) is 0 Å². The zero-order chi connectivity index (χ0) is 11.9. The first-order chi connectivity index (χ1) is 8.90. The zero-order valence-corrected chi connectivity index (χ0v) is 10.6. The molecule has 0 aromatic heterocycles. The average molecular weight is 245 g/mol. The Bertz CT molecular complexity index is 446. The molecule has 2 fully saturated rings. The molecule has 3 aliphatic heterocycles. The van der Waals surface area contributed by atoms with Gasteiger partial charge in [-0.05, 0) is 49.4 Å². The lowest BCUT2D eigenvalue weighted by Gasteiger charge is -2.28. The summed E-state index contributed by atoms with van der Waals surface area (Å²) in [5, 5.41) is 0. The van der Waals surface area contributed by atoms with Crippen LogP contribution in [0.25, 0.3) is 0 Å². The lowest BCUT2D eigenvalue weighted by Crippen LogP contribution is -2.33. The normalized spacial score (nSPS) is 30.4. The standard InChI is InChI=1S/C15H19NO2/c1-2-6-16-9-12(7-13(16)3-1)11-4-5-14-15(8-11)18-10-17-14/h4-5,8,12-13H,1-3,6-7,9-10H2. The molecule has 3 nitrogen and oxygen atoms in total. The highest BCUT2D eigenvalue weighted by Crippen LogP contribution is 2.40. The predicted octanol–water partition coefficient (Wildman–Crippen LogP) is 2.76. The molecule has 2 atom stereocenters. The fourth-order valence-corrected chi connectivity index (χ4v) is 3.66. The van der Waals surface area contributed by atoms with Crippen LogP contribution < -0.4 is 9.47 Å². The Morgan fingerprint density at radius 3 is 3.00 bits per heavy atom. The molecule has 18 heavy (non-hydrogen) atoms. The van der Waals surface area contributed by atoms with Crippen LogP contribution in [0.4, 0.5) is 0 Å². The van der Waals surface area contributed by atoms with Gasteiger partial charge in [-0.2, -0.15) is 0 Å². The number of rotatable bonds is 1. The van der Waals surface area contributed by atoms with E-state index in [-0.39, 0.29) is 0 Å². The molecule has 1 aromatic rings. The summed E-state index contributed by atoms with van der Waals surface area (Å²) in [5.41, 5.74) is 1.42. The zero-order valence-electron chi connectivity index (χ0n) is 10.6. The van der Waals surface area contributed by atoms with E-state index in [1.807, 2.05) is 0 Å². The minimum Gasteiger partial charge on any atom is -0.454 e. The first kappa shape index (κ1) is 10.7. The maximum absolute atomic E-state index is 5.48. The molecule has 0 spiro atoms. The van der Waals surface area contributed by atoms with Crippen molar-refractivity contribution in [3.8, 4) is 11.5 Å². The van der Waals surface area contributed by atoms with Crippen molar-refractivity contribution in [3.63, 3.8) is 0 Å². The molecule has 0 radical (unpaired) electrons. The number of piperidine rings is 1. The monoisotopic (exact) mass is 245 g/mol. The number of benzene rings is 1. The molecule has 0 aliphatic carbocycles. The Kier molecular flexibility index (Phi) is 2.47. The van der Waals surface area contributed by atoms with Gasteiger partial charge in [-0.1, -0.05) is 12.5 Å². The van der Waals surface area contributed by atoms with Gasteiger partial charge in [0.05, 0.1) is 0 Å². The summed E-state index contributed by atoms with van der Waals surface area (Å²) in [6, 6.07) is 7.30. The van der Waals surface area contributed by atoms with Crippen molar-refractivity contribution in [2.24, 2.45) is 0 Å². The second-order valence-electron chi connectivity index (χ2n) is 5.69. The van der Waals surface area contributed by atoms with E-state index in [1.54, 1.807) is 0 Å². The second-order valence-corrected chi connectivity index (χ2v) is 5.69. The summed E-state index contributed by atoms with van der Waals surface area (Å²) in [5.74, 6) is 2.51. The van der Waals surface area contributed by atoms with Gasteiger partial charge in [-0.15, -0.1) is 0 Å². The molecule has 2 saturated heterocycles. The summed E-state index contributed by atoms with van der Waals surface area (Å²) < 4.78 is 10.9. The van der Waals surface area contributed by atoms with Crippen LogP contribution in [-0.2, 0) is 0 Å². The fraction of sp³-hybridized carbons (Fsp3) is 0.600. The number of fused-ring (bicyclic) bond motifs is 2. The molecule has 3 aliphatic rings. The van der Waals surface area contributed by atoms with Crippen molar-refractivity contribution in [2.45, 2.75) is 37.6 Å². The molecule has 3 heterocycles. The molecule has 0 saturated carbocycles. The van der Waals surface area contributed by atoms with E-state index in [9.17, 15) is 0 Å². The molecule has 0 amide bonds. The third kappa shape index (κ3) is 1.69. The van der Waals surface area contributed by atoms with Crippen molar-refractivity contribution in [3.05, 3.63) is 23.8 Å². The summed E-state index contributed by atoms with van der Waals surface area (Å²) in [6.07, 6.45) is 5.50. The summed E-state index contributed by atoms with van der Waals surface area (Å²) >= 11 is 0. The van der Waals surface area contributed by atoms with E-state index in [2.05, 4.69) is 23.1 Å². The van der Waals surface area contributed by atoms with E-state index in [1.165, 1.54) is 44.3 Å². The minimum atomic E-state index is 0.373. The molecule has 96 valence electrons. The van der Waals surface area contributed by atoms with E-state index in [4.69, 9.17) is 9.47 Å². The van der Waals surface area contributed by atoms with Crippen LogP contribution in [0.2, 0.25) is 0 Å². The number of ether oxygens (including phenoxy) is 2. The van der Waals surface area contributed by atoms with Crippen LogP contribution in [0.5, 0.6) is 11.5 Å². The van der Waals surface area contributed by atoms with Crippen molar-refractivity contribution in [2.75, 3.05) is 19.9 Å². The Labute approximate surface area is 108 Å². The lowest BCUT2D eigenvalue weighted by atomic mass is 9.94. The molecule has 4 rings (SSSR count). The third-order valence-corrected chi connectivity index (χ3v) is 4.63. The predicted molar refractivity (Wildman–Crippen MR) is 69.1 cm³/mol. The Hall–Kier alpha value is -1.22. The maximum atomic E-state index is 5.48. The van der Waals surface area contributed by atoms with Gasteiger partial charge in [-0.3, -0.25) is 4.90 Å². The summed E-state index contributed by atoms with van der Waals surface area (Å²) in [6.45, 7) is 2.90. The van der Waals surface area contributed by atoms with Crippen molar-refractivity contribution in [1.82, 2.24) is 4.90 Å². The van der Waals surface area contributed by atoms with Gasteiger partial charge < -0.3 is 9.47 Å². The Morgan fingerprint density at radius 1 is 1.11 bits per heavy atom. The highest BCUT2D eigenvalue weighted by atomic mass is 16.7. The highest BCUT2D eigenvalue weighted by molar-refractivity contribution is 5.45. The SMILES string of the molecule is c1cc2c(cc1C1CC3CCCCN3C1)OCO2. The molecular formula is C15H19NO2. The van der Waals surface area contributed by atoms with Crippen molar-refractivity contribution < 1.29 is 9.47 Å². The maximum Gasteiger partial charge on any atom is 0.231 e. The molecule has 0 N–H and O–H groups in total. The van der Waals surface area contributed by atoms with Gasteiger partial charge in [0, 0.05) is 12.6 Å². The van der Waals surface area contributed by atoms with Crippen LogP contribution in [0, 0.1) is 0 Å². The van der Waals surface area contributed by atoms with Gasteiger partial charge in [0.2, 0.25) is 6.79 Å². The summed E-state index contributed by atoms with van der Waals surface area (Å²) in [7, 11) is 0. The molecule has 2 unspecified atom stereocenters. The Morgan fingerprint density at radius 2 is 2.06 bits per heavy atom. The average Bonchev–Trinajstić information content (AvgIpc) is 3.04. The van der Waals surface area contributed by atoms with Gasteiger partial charge in [0.15, 0.2) is 11.5 Å². The van der Waals surface area contributed by atoms with Crippen LogP contribution in [-0.4, -0.2) is 30.8 Å². The van der Waals surface area contributed by atoms with Crippen molar-refractivity contribution in [1.29, 1.82) is 0 Å². The summed E-state index contributed by atoms with van der Waals surface area (Å²) in [4.78, 5) is 2.68. The third-order valence-electron chi connectivity index (χ3n) is 4.63. The van der Waals surface area contributed by atoms with Crippen LogP contribution in [0.1, 0.15) is 37.2 Å². The van der Waals surface area contributed by atoms with E-state index in [0.29, 0.717) is 12.7 Å². The number of hydrogen-bond acceptors (Lipinski definition) is 3. The molecule has 3 heteroatoms. The van der Waals surface area contributed by atoms with Gasteiger partial charge >= 0.3 is 0 Å². The first-order valence-electron chi connectivity index (χ1n) is 7.04. The topological polar surface area (TPSA) is 21.7 Å². The highest BCUT2D eigenvalue weighted by Gasteiger charge is 2.34. The van der Waals surface area contributed by atoms with Crippen molar-refractivity contribution >= 4 is 0 Å². The van der Waals surface area contributed by atoms with E-state index < -0.39 is 0 Å². The Balaban J connectivity index is 1.57. The number of nitrogens with zero attached hydrogens (tertiary/aromatic N) is 1. The molecule has 1 aromatic carbocycles. The van der Waals surface area contributed by atoms with Crippen LogP contribution in [0.15, 0.2) is 18.2 Å². The molecule has 0 bridgehead atoms. The largest absolute Gasteiger partial charge is 0.454 e. The lowest BCUT2D eigenvalue weighted by molar-refractivity contribution is 0.174. The fourth-order valence-electron chi connectivity index (χ4n) is 3.66. The van der Waals surface area contributed by atoms with E-state index >= 15 is 0 Å². The second kappa shape index (κ2) is 4.16. The minimum absolute atomic E-state index is 0.373. The van der Waals surface area contributed by atoms with Gasteiger partial charge in [0.1, 0.15) is 0 Å². The first-order valence-corrected chi connectivity index (χ1v) is 7.04. The van der Waals surface area contributed by atoms with Gasteiger partial charge in [-0.25, -0.2) is 0 Å². The van der Waals surface area contributed by atoms with Crippen LogP contribution in [0.3, 0.4) is 0 Å². The quantitative estimate of drug-likeness (QED) is 0.759. The molecular weight excluding hydrogens is 226 g/mol. The smallest absolute Gasteiger partial charge is 0.231 e. The van der Waals surface area contributed by atoms with Crippen LogP contribution >= 0.6 is 0 Å². The number of hydrogen-bond donors (Lipinski definition) is 0. The van der Waals surface area contributed by atoms with E-state index in [0.717, 1.165) is 17.5 Å².